The Hall–Kier alpha value is -2.36. The molecule has 2 N–H and O–H groups in total. The summed E-state index contributed by atoms with van der Waals surface area (Å²) in [6.45, 7) is 2.60. The number of methoxy groups -OCH3 is 2. The molecular weight excluding hydrogens is 254 g/mol. The smallest absolute Gasteiger partial charge is 0.122 e. The van der Waals surface area contributed by atoms with Gasteiger partial charge in [0.15, 0.2) is 0 Å². The number of aromatic hydroxyl groups is 1. The zero-order valence-electron chi connectivity index (χ0n) is 11.9. The molecule has 0 bridgehead atoms. The van der Waals surface area contributed by atoms with Gasteiger partial charge in [-0.2, -0.15) is 0 Å². The fourth-order valence-corrected chi connectivity index (χ4v) is 2.01. The molecule has 0 aliphatic rings. The Kier molecular flexibility index (Phi) is 4.35. The minimum Gasteiger partial charge on any atom is -0.508 e. The zero-order chi connectivity index (χ0) is 14.5. The summed E-state index contributed by atoms with van der Waals surface area (Å²) in [7, 11) is 3.27. The highest BCUT2D eigenvalue weighted by Gasteiger charge is 2.03. The van der Waals surface area contributed by atoms with Crippen molar-refractivity contribution in [3.8, 4) is 17.2 Å². The second kappa shape index (κ2) is 6.19. The summed E-state index contributed by atoms with van der Waals surface area (Å²) >= 11 is 0. The summed E-state index contributed by atoms with van der Waals surface area (Å²) in [5.74, 6) is 1.81. The largest absolute Gasteiger partial charge is 0.508 e. The molecule has 106 valence electrons. The average Bonchev–Trinajstić information content (AvgIpc) is 2.46. The zero-order valence-corrected chi connectivity index (χ0v) is 11.9. The molecule has 0 heterocycles. The van der Waals surface area contributed by atoms with E-state index >= 15 is 0 Å². The molecule has 2 aromatic rings. The van der Waals surface area contributed by atoms with Gasteiger partial charge in [0.1, 0.15) is 17.2 Å². The van der Waals surface area contributed by atoms with Crippen molar-refractivity contribution >= 4 is 5.69 Å². The van der Waals surface area contributed by atoms with Crippen LogP contribution in [0.25, 0.3) is 0 Å². The van der Waals surface area contributed by atoms with E-state index < -0.39 is 0 Å². The normalized spacial score (nSPS) is 10.2. The van der Waals surface area contributed by atoms with Crippen LogP contribution < -0.4 is 14.8 Å². The van der Waals surface area contributed by atoms with Gasteiger partial charge < -0.3 is 19.9 Å². The molecule has 0 unspecified atom stereocenters. The average molecular weight is 273 g/mol. The SMILES string of the molecule is COc1cc(CNc2ccc(O)cc2C)cc(OC)c1. The molecule has 0 aliphatic carbocycles. The van der Waals surface area contributed by atoms with Gasteiger partial charge in [-0.15, -0.1) is 0 Å². The van der Waals surface area contributed by atoms with Gasteiger partial charge in [0, 0.05) is 18.3 Å². The van der Waals surface area contributed by atoms with Crippen LogP contribution in [0.15, 0.2) is 36.4 Å². The van der Waals surface area contributed by atoms with E-state index in [4.69, 9.17) is 9.47 Å². The molecule has 0 amide bonds. The minimum atomic E-state index is 0.274. The first-order valence-corrected chi connectivity index (χ1v) is 6.38. The van der Waals surface area contributed by atoms with Gasteiger partial charge in [-0.3, -0.25) is 0 Å². The summed E-state index contributed by atoms with van der Waals surface area (Å²) in [4.78, 5) is 0. The van der Waals surface area contributed by atoms with Crippen LogP contribution in [0.3, 0.4) is 0 Å². The molecule has 4 nitrogen and oxygen atoms in total. The summed E-state index contributed by atoms with van der Waals surface area (Å²) in [6.07, 6.45) is 0. The molecular formula is C16H19NO3. The number of aryl methyl sites for hydroxylation is 1. The van der Waals surface area contributed by atoms with Gasteiger partial charge in [-0.1, -0.05) is 0 Å². The second-order valence-corrected chi connectivity index (χ2v) is 4.57. The molecule has 0 atom stereocenters. The molecule has 0 aromatic heterocycles. The summed E-state index contributed by atoms with van der Waals surface area (Å²) < 4.78 is 10.5. The van der Waals surface area contributed by atoms with Crippen LogP contribution in [0.1, 0.15) is 11.1 Å². The third-order valence-electron chi connectivity index (χ3n) is 3.10. The van der Waals surface area contributed by atoms with Crippen LogP contribution in [0.4, 0.5) is 5.69 Å². The predicted molar refractivity (Wildman–Crippen MR) is 79.7 cm³/mol. The fourth-order valence-electron chi connectivity index (χ4n) is 2.01. The quantitative estimate of drug-likeness (QED) is 0.820. The van der Waals surface area contributed by atoms with Crippen LogP contribution in [-0.2, 0) is 6.54 Å². The van der Waals surface area contributed by atoms with E-state index in [2.05, 4.69) is 5.32 Å². The van der Waals surface area contributed by atoms with Crippen molar-refractivity contribution in [2.24, 2.45) is 0 Å². The maximum Gasteiger partial charge on any atom is 0.122 e. The topological polar surface area (TPSA) is 50.7 Å². The number of rotatable bonds is 5. The maximum absolute atomic E-state index is 9.40. The van der Waals surface area contributed by atoms with Crippen molar-refractivity contribution in [2.75, 3.05) is 19.5 Å². The van der Waals surface area contributed by atoms with Crippen molar-refractivity contribution < 1.29 is 14.6 Å². The Balaban J connectivity index is 2.13. The highest BCUT2D eigenvalue weighted by Crippen LogP contribution is 2.24. The van der Waals surface area contributed by atoms with Crippen molar-refractivity contribution in [1.29, 1.82) is 0 Å². The number of phenols is 1. The van der Waals surface area contributed by atoms with E-state index in [1.807, 2.05) is 31.2 Å². The predicted octanol–water partition coefficient (Wildman–Crippen LogP) is 3.33. The van der Waals surface area contributed by atoms with Crippen molar-refractivity contribution in [3.05, 3.63) is 47.5 Å². The van der Waals surface area contributed by atoms with Crippen molar-refractivity contribution in [1.82, 2.24) is 0 Å². The van der Waals surface area contributed by atoms with Gasteiger partial charge in [0.25, 0.3) is 0 Å². The number of hydrogen-bond donors (Lipinski definition) is 2. The lowest BCUT2D eigenvalue weighted by Gasteiger charge is -2.12. The Labute approximate surface area is 119 Å². The van der Waals surface area contributed by atoms with Crippen molar-refractivity contribution in [3.63, 3.8) is 0 Å². The lowest BCUT2D eigenvalue weighted by atomic mass is 10.1. The number of anilines is 1. The van der Waals surface area contributed by atoms with Crippen LogP contribution in [-0.4, -0.2) is 19.3 Å². The standard InChI is InChI=1S/C16H19NO3/c1-11-6-13(18)4-5-16(11)17-10-12-7-14(19-2)9-15(8-12)20-3/h4-9,17-18H,10H2,1-3H3. The van der Waals surface area contributed by atoms with Gasteiger partial charge in [0.2, 0.25) is 0 Å². The monoisotopic (exact) mass is 273 g/mol. The third kappa shape index (κ3) is 3.35. The molecule has 0 radical (unpaired) electrons. The molecule has 0 saturated heterocycles. The first-order valence-electron chi connectivity index (χ1n) is 6.38. The van der Waals surface area contributed by atoms with E-state index in [-0.39, 0.29) is 5.75 Å². The Morgan fingerprint density at radius 2 is 1.65 bits per heavy atom. The van der Waals surface area contributed by atoms with Crippen LogP contribution in [0.5, 0.6) is 17.2 Å². The second-order valence-electron chi connectivity index (χ2n) is 4.57. The van der Waals surface area contributed by atoms with Crippen molar-refractivity contribution in [2.45, 2.75) is 13.5 Å². The number of phenolic OH excluding ortho intramolecular Hbond substituents is 1. The molecule has 0 spiro atoms. The van der Waals surface area contributed by atoms with Crippen LogP contribution in [0, 0.1) is 6.92 Å². The molecule has 0 aliphatic heterocycles. The lowest BCUT2D eigenvalue weighted by Crippen LogP contribution is -2.01. The Morgan fingerprint density at radius 3 is 2.20 bits per heavy atom. The maximum atomic E-state index is 9.40. The molecule has 20 heavy (non-hydrogen) atoms. The van der Waals surface area contributed by atoms with Crippen LogP contribution >= 0.6 is 0 Å². The molecule has 2 rings (SSSR count). The number of benzene rings is 2. The summed E-state index contributed by atoms with van der Waals surface area (Å²) in [5.41, 5.74) is 3.05. The number of ether oxygens (including phenoxy) is 2. The number of nitrogens with one attached hydrogen (secondary N) is 1. The van der Waals surface area contributed by atoms with Crippen LogP contribution in [0.2, 0.25) is 0 Å². The van der Waals surface area contributed by atoms with Gasteiger partial charge in [-0.25, -0.2) is 0 Å². The first kappa shape index (κ1) is 14.1. The molecule has 4 heteroatoms. The molecule has 0 saturated carbocycles. The molecule has 2 aromatic carbocycles. The van der Waals surface area contributed by atoms with E-state index in [9.17, 15) is 5.11 Å². The summed E-state index contributed by atoms with van der Waals surface area (Å²) in [6, 6.07) is 11.0. The van der Waals surface area contributed by atoms with E-state index in [0.717, 1.165) is 28.3 Å². The van der Waals surface area contributed by atoms with E-state index in [0.29, 0.717) is 6.54 Å². The minimum absolute atomic E-state index is 0.274. The number of hydrogen-bond acceptors (Lipinski definition) is 4. The Morgan fingerprint density at radius 1 is 1.00 bits per heavy atom. The molecule has 0 fully saturated rings. The van der Waals surface area contributed by atoms with E-state index in [1.54, 1.807) is 26.4 Å². The summed E-state index contributed by atoms with van der Waals surface area (Å²) in [5, 5.41) is 12.7. The highest BCUT2D eigenvalue weighted by atomic mass is 16.5. The van der Waals surface area contributed by atoms with Gasteiger partial charge in [0.05, 0.1) is 14.2 Å². The lowest BCUT2D eigenvalue weighted by molar-refractivity contribution is 0.393. The fraction of sp³-hybridized carbons (Fsp3) is 0.250. The highest BCUT2D eigenvalue weighted by molar-refractivity contribution is 5.54. The first-order chi connectivity index (χ1) is 9.62. The van der Waals surface area contributed by atoms with E-state index in [1.165, 1.54) is 0 Å². The van der Waals surface area contributed by atoms with Gasteiger partial charge in [-0.05, 0) is 48.4 Å². The Bertz CT molecular complexity index is 574. The van der Waals surface area contributed by atoms with Gasteiger partial charge >= 0.3 is 0 Å². The third-order valence-corrected chi connectivity index (χ3v) is 3.10.